The van der Waals surface area contributed by atoms with Gasteiger partial charge in [-0.2, -0.15) is 4.80 Å². The molecule has 0 saturated heterocycles. The normalized spacial score (nSPS) is 10.2. The van der Waals surface area contributed by atoms with Crippen LogP contribution in [0.15, 0.2) is 0 Å². The van der Waals surface area contributed by atoms with Crippen molar-refractivity contribution < 1.29 is 4.79 Å². The van der Waals surface area contributed by atoms with Crippen LogP contribution in [0.2, 0.25) is 0 Å². The summed E-state index contributed by atoms with van der Waals surface area (Å²) in [6, 6.07) is 0. The summed E-state index contributed by atoms with van der Waals surface area (Å²) in [7, 11) is 0. The number of nitrogens with zero attached hydrogens (tertiary/aromatic N) is 4. The molecule has 0 saturated carbocycles. The molecule has 1 aromatic rings. The first kappa shape index (κ1) is 8.83. The number of aryl methyl sites for hydroxylation is 1. The molecule has 0 atom stereocenters. The number of carbonyl (C=O) groups excluding carboxylic acids is 1. The van der Waals surface area contributed by atoms with Crippen molar-refractivity contribution in [3.05, 3.63) is 5.82 Å². The fraction of sp³-hybridized carbons (Fsp3) is 0.714. The Labute approximate surface area is 70.8 Å². The second-order valence-electron chi connectivity index (χ2n) is 2.68. The molecule has 12 heavy (non-hydrogen) atoms. The molecule has 0 unspecified atom stereocenters. The number of hydrogen-bond acceptors (Lipinski definition) is 4. The zero-order valence-corrected chi connectivity index (χ0v) is 7.32. The molecule has 0 amide bonds. The second kappa shape index (κ2) is 3.94. The zero-order valence-electron chi connectivity index (χ0n) is 7.32. The molecule has 0 aliphatic carbocycles. The lowest BCUT2D eigenvalue weighted by atomic mass is 10.3. The van der Waals surface area contributed by atoms with Crippen molar-refractivity contribution in [3.8, 4) is 0 Å². The maximum Gasteiger partial charge on any atom is 0.182 e. The Morgan fingerprint density at radius 3 is 2.92 bits per heavy atom. The van der Waals surface area contributed by atoms with Crippen LogP contribution in [0.5, 0.6) is 0 Å². The van der Waals surface area contributed by atoms with Gasteiger partial charge in [0.25, 0.3) is 0 Å². The maximum absolute atomic E-state index is 10.7. The molecule has 0 N–H and O–H groups in total. The van der Waals surface area contributed by atoms with Crippen molar-refractivity contribution in [2.75, 3.05) is 0 Å². The highest BCUT2D eigenvalue weighted by Crippen LogP contribution is 1.90. The molecular formula is C7H12N4O. The van der Waals surface area contributed by atoms with E-state index in [1.54, 1.807) is 0 Å². The van der Waals surface area contributed by atoms with E-state index in [1.807, 2.05) is 6.92 Å². The molecular weight excluding hydrogens is 156 g/mol. The molecule has 0 aromatic carbocycles. The van der Waals surface area contributed by atoms with Gasteiger partial charge in [0.2, 0.25) is 0 Å². The van der Waals surface area contributed by atoms with E-state index in [4.69, 9.17) is 0 Å². The van der Waals surface area contributed by atoms with Crippen LogP contribution >= 0.6 is 0 Å². The van der Waals surface area contributed by atoms with Crippen molar-refractivity contribution in [3.63, 3.8) is 0 Å². The summed E-state index contributed by atoms with van der Waals surface area (Å²) in [6.07, 6.45) is 1.25. The third-order valence-corrected chi connectivity index (χ3v) is 1.32. The predicted molar refractivity (Wildman–Crippen MR) is 42.5 cm³/mol. The van der Waals surface area contributed by atoms with Crippen LogP contribution in [-0.2, 0) is 17.8 Å². The molecule has 66 valence electrons. The average Bonchev–Trinajstić information content (AvgIpc) is 2.36. The van der Waals surface area contributed by atoms with E-state index >= 15 is 0 Å². The van der Waals surface area contributed by atoms with Crippen molar-refractivity contribution in [1.29, 1.82) is 0 Å². The minimum absolute atomic E-state index is 0.0612. The number of ketones is 1. The van der Waals surface area contributed by atoms with E-state index in [0.29, 0.717) is 5.82 Å². The summed E-state index contributed by atoms with van der Waals surface area (Å²) in [5.41, 5.74) is 0. The van der Waals surface area contributed by atoms with Gasteiger partial charge in [-0.05, 0) is 18.6 Å². The van der Waals surface area contributed by atoms with Crippen LogP contribution in [-0.4, -0.2) is 26.0 Å². The number of tetrazole rings is 1. The van der Waals surface area contributed by atoms with Crippen molar-refractivity contribution in [2.45, 2.75) is 33.2 Å². The van der Waals surface area contributed by atoms with Gasteiger partial charge in [0.15, 0.2) is 5.82 Å². The van der Waals surface area contributed by atoms with Gasteiger partial charge in [0.05, 0.1) is 13.0 Å². The highest BCUT2D eigenvalue weighted by atomic mass is 16.1. The van der Waals surface area contributed by atoms with Crippen molar-refractivity contribution >= 4 is 5.78 Å². The van der Waals surface area contributed by atoms with E-state index < -0.39 is 0 Å². The van der Waals surface area contributed by atoms with Gasteiger partial charge in [-0.25, -0.2) is 0 Å². The van der Waals surface area contributed by atoms with Gasteiger partial charge in [0, 0.05) is 0 Å². The molecule has 0 fully saturated rings. The van der Waals surface area contributed by atoms with Crippen LogP contribution in [0.25, 0.3) is 0 Å². The minimum atomic E-state index is 0.0612. The summed E-state index contributed by atoms with van der Waals surface area (Å²) >= 11 is 0. The first-order valence-electron chi connectivity index (χ1n) is 3.98. The molecule has 1 aromatic heterocycles. The molecule has 1 rings (SSSR count). The van der Waals surface area contributed by atoms with E-state index in [1.165, 1.54) is 11.7 Å². The van der Waals surface area contributed by atoms with E-state index in [-0.39, 0.29) is 12.2 Å². The molecule has 1 heterocycles. The molecule has 0 radical (unpaired) electrons. The fourth-order valence-electron chi connectivity index (χ4n) is 0.865. The summed E-state index contributed by atoms with van der Waals surface area (Å²) in [6.45, 7) is 4.30. The van der Waals surface area contributed by atoms with Crippen molar-refractivity contribution in [1.82, 2.24) is 20.2 Å². The van der Waals surface area contributed by atoms with Gasteiger partial charge >= 0.3 is 0 Å². The molecule has 0 aliphatic rings. The van der Waals surface area contributed by atoms with Crippen LogP contribution in [0.3, 0.4) is 0 Å². The number of carbonyl (C=O) groups is 1. The van der Waals surface area contributed by atoms with Crippen LogP contribution in [0.4, 0.5) is 0 Å². The van der Waals surface area contributed by atoms with Gasteiger partial charge < -0.3 is 0 Å². The summed E-state index contributed by atoms with van der Waals surface area (Å²) in [5.74, 6) is 0.571. The second-order valence-corrected chi connectivity index (χ2v) is 2.68. The Kier molecular flexibility index (Phi) is 2.90. The van der Waals surface area contributed by atoms with Crippen LogP contribution < -0.4 is 0 Å². The number of rotatable bonds is 4. The standard InChI is InChI=1S/C7H12N4O/c1-3-4-11-9-7(8-10-11)5-6(2)12/h3-5H2,1-2H3. The quantitative estimate of drug-likeness (QED) is 0.645. The summed E-state index contributed by atoms with van der Waals surface area (Å²) in [4.78, 5) is 12.2. The number of hydrogen-bond donors (Lipinski definition) is 0. The lowest BCUT2D eigenvalue weighted by molar-refractivity contribution is -0.116. The van der Waals surface area contributed by atoms with Gasteiger partial charge in [-0.3, -0.25) is 4.79 Å². The van der Waals surface area contributed by atoms with Crippen LogP contribution in [0, 0.1) is 0 Å². The Morgan fingerprint density at radius 2 is 2.33 bits per heavy atom. The molecule has 0 spiro atoms. The highest BCUT2D eigenvalue weighted by Gasteiger charge is 2.03. The first-order chi connectivity index (χ1) is 5.72. The molecule has 5 nitrogen and oxygen atoms in total. The minimum Gasteiger partial charge on any atom is -0.300 e. The molecule has 0 aliphatic heterocycles. The monoisotopic (exact) mass is 168 g/mol. The average molecular weight is 168 g/mol. The molecule has 5 heteroatoms. The van der Waals surface area contributed by atoms with Crippen molar-refractivity contribution in [2.24, 2.45) is 0 Å². The third kappa shape index (κ3) is 2.41. The van der Waals surface area contributed by atoms with E-state index in [2.05, 4.69) is 15.4 Å². The number of aromatic nitrogens is 4. The topological polar surface area (TPSA) is 60.7 Å². The van der Waals surface area contributed by atoms with E-state index in [9.17, 15) is 4.79 Å². The van der Waals surface area contributed by atoms with E-state index in [0.717, 1.165) is 13.0 Å². The third-order valence-electron chi connectivity index (χ3n) is 1.32. The Morgan fingerprint density at radius 1 is 1.58 bits per heavy atom. The highest BCUT2D eigenvalue weighted by molar-refractivity contribution is 5.77. The van der Waals surface area contributed by atoms with Gasteiger partial charge in [-0.15, -0.1) is 10.2 Å². The van der Waals surface area contributed by atoms with Gasteiger partial charge in [-0.1, -0.05) is 6.92 Å². The summed E-state index contributed by atoms with van der Waals surface area (Å²) in [5, 5.41) is 11.5. The fourth-order valence-corrected chi connectivity index (χ4v) is 0.865. The largest absolute Gasteiger partial charge is 0.300 e. The summed E-state index contributed by atoms with van der Waals surface area (Å²) < 4.78 is 0. The van der Waals surface area contributed by atoms with Crippen LogP contribution in [0.1, 0.15) is 26.1 Å². The lowest BCUT2D eigenvalue weighted by Crippen LogP contribution is -2.03. The predicted octanol–water partition coefficient (Wildman–Crippen LogP) is 0.215. The maximum atomic E-state index is 10.7. The zero-order chi connectivity index (χ0) is 8.97. The Hall–Kier alpha value is -1.26. The molecule has 0 bridgehead atoms. The Bertz CT molecular complexity index is 268. The smallest absolute Gasteiger partial charge is 0.182 e. The Balaban J connectivity index is 2.58. The van der Waals surface area contributed by atoms with Gasteiger partial charge in [0.1, 0.15) is 5.78 Å². The number of Topliss-reactive ketones (excluding diaryl/α,β-unsaturated/α-hetero) is 1. The first-order valence-corrected chi connectivity index (χ1v) is 3.98. The SMILES string of the molecule is CCCn1nnc(CC(C)=O)n1. The lowest BCUT2D eigenvalue weighted by Gasteiger charge is -1.90.